The summed E-state index contributed by atoms with van der Waals surface area (Å²) >= 11 is 0. The Bertz CT molecular complexity index is 1100. The van der Waals surface area contributed by atoms with E-state index in [1.807, 2.05) is 27.7 Å². The summed E-state index contributed by atoms with van der Waals surface area (Å²) < 4.78 is 13.2. The minimum atomic E-state index is -1.18. The van der Waals surface area contributed by atoms with Crippen LogP contribution in [0.4, 0.5) is 0 Å². The molecule has 238 valence electrons. The van der Waals surface area contributed by atoms with Crippen LogP contribution in [0, 0.1) is 30.6 Å². The van der Waals surface area contributed by atoms with Gasteiger partial charge in [-0.05, 0) is 88.2 Å². The minimum Gasteiger partial charge on any atom is -0.507 e. The van der Waals surface area contributed by atoms with Gasteiger partial charge in [0.25, 0.3) is 0 Å². The molecule has 3 rings (SSSR count). The standard InChI is InChI=1S/C34H54O8/c1-9-25(31-21(6)18-34(11-3,42-31)26-16-17-33(40,10-2)23(8)41-26)30(37)22(7)28(35)19(4)12-14-24-15-13-20(5)29(36)27(24)32(38)39/h13,15,19,21-23,25-26,28,31,35-36,40H,9-12,14,16-18H2,1-8H3,(H,38,39)/t19-,21+,22+,23+,25+,26?,28?,31?,33-,34+/m1/s1. The van der Waals surface area contributed by atoms with E-state index in [0.717, 1.165) is 12.8 Å². The molecule has 0 radical (unpaired) electrons. The monoisotopic (exact) mass is 590 g/mol. The van der Waals surface area contributed by atoms with Crippen LogP contribution in [0.1, 0.15) is 115 Å². The number of hydrogen-bond donors (Lipinski definition) is 4. The molecule has 0 aromatic heterocycles. The molecule has 2 fully saturated rings. The number of carbonyl (C=O) groups is 2. The average Bonchev–Trinajstić information content (AvgIpc) is 3.31. The number of phenols is 1. The Hall–Kier alpha value is -2.00. The Morgan fingerprint density at radius 3 is 2.33 bits per heavy atom. The molecular formula is C34H54O8. The van der Waals surface area contributed by atoms with Gasteiger partial charge in [0.2, 0.25) is 0 Å². The first kappa shape index (κ1) is 34.5. The fourth-order valence-corrected chi connectivity index (χ4v) is 7.45. The molecule has 10 atom stereocenters. The highest BCUT2D eigenvalue weighted by molar-refractivity contribution is 5.93. The summed E-state index contributed by atoms with van der Waals surface area (Å²) in [4.78, 5) is 25.7. The molecule has 2 aliphatic heterocycles. The third-order valence-electron chi connectivity index (χ3n) is 10.7. The van der Waals surface area contributed by atoms with Crippen molar-refractivity contribution in [3.8, 4) is 5.75 Å². The number of benzene rings is 1. The Kier molecular flexibility index (Phi) is 11.3. The van der Waals surface area contributed by atoms with E-state index in [1.54, 1.807) is 26.0 Å². The predicted octanol–water partition coefficient (Wildman–Crippen LogP) is 5.84. The van der Waals surface area contributed by atoms with Crippen molar-refractivity contribution < 1.29 is 39.5 Å². The number of carbonyl (C=O) groups excluding carboxylic acids is 1. The van der Waals surface area contributed by atoms with Gasteiger partial charge in [-0.15, -0.1) is 0 Å². The summed E-state index contributed by atoms with van der Waals surface area (Å²) in [6, 6.07) is 3.40. The van der Waals surface area contributed by atoms with Gasteiger partial charge in [-0.25, -0.2) is 4.79 Å². The molecule has 0 aliphatic carbocycles. The van der Waals surface area contributed by atoms with E-state index in [9.17, 15) is 30.0 Å². The maximum atomic E-state index is 13.9. The molecule has 8 heteroatoms. The molecule has 1 aromatic rings. The number of aromatic hydroxyl groups is 1. The molecule has 0 amide bonds. The number of aliphatic hydroxyl groups is 2. The fourth-order valence-electron chi connectivity index (χ4n) is 7.45. The summed E-state index contributed by atoms with van der Waals surface area (Å²) in [5.41, 5.74) is -0.437. The second kappa shape index (κ2) is 13.7. The van der Waals surface area contributed by atoms with Gasteiger partial charge in [-0.2, -0.15) is 0 Å². The normalized spacial score (nSPS) is 32.7. The molecule has 42 heavy (non-hydrogen) atoms. The topological polar surface area (TPSA) is 134 Å². The van der Waals surface area contributed by atoms with Crippen LogP contribution < -0.4 is 0 Å². The van der Waals surface area contributed by atoms with E-state index in [1.165, 1.54) is 0 Å². The number of aromatic carboxylic acids is 1. The number of Topliss-reactive ketones (excluding diaryl/α,β-unsaturated/α-hetero) is 1. The first-order valence-corrected chi connectivity index (χ1v) is 16.0. The summed E-state index contributed by atoms with van der Waals surface area (Å²) in [7, 11) is 0. The van der Waals surface area contributed by atoms with E-state index >= 15 is 0 Å². The molecule has 2 heterocycles. The number of hydrogen-bond acceptors (Lipinski definition) is 7. The van der Waals surface area contributed by atoms with E-state index in [2.05, 4.69) is 13.8 Å². The lowest BCUT2D eigenvalue weighted by atomic mass is 9.76. The number of aliphatic hydroxyl groups excluding tert-OH is 1. The molecule has 0 spiro atoms. The lowest BCUT2D eigenvalue weighted by Gasteiger charge is -2.47. The van der Waals surface area contributed by atoms with Crippen LogP contribution >= 0.6 is 0 Å². The molecule has 8 nitrogen and oxygen atoms in total. The lowest BCUT2D eigenvalue weighted by Crippen LogP contribution is -2.55. The van der Waals surface area contributed by atoms with Crippen LogP contribution in [0.3, 0.4) is 0 Å². The SMILES string of the molecule is CC[C@@H](C(=O)[C@@H](C)C(O)[C@H](C)CCc1ccc(C)c(O)c1C(=O)O)C1O[C@](CC)(C2CC[C@](O)(CC)[C@H](C)O2)C[C@@H]1C. The molecule has 2 aliphatic rings. The van der Waals surface area contributed by atoms with Gasteiger partial charge in [0.05, 0.1) is 35.6 Å². The highest BCUT2D eigenvalue weighted by Gasteiger charge is 2.55. The highest BCUT2D eigenvalue weighted by atomic mass is 16.6. The van der Waals surface area contributed by atoms with Gasteiger partial charge in [-0.3, -0.25) is 4.79 Å². The second-order valence-corrected chi connectivity index (χ2v) is 13.2. The van der Waals surface area contributed by atoms with Gasteiger partial charge >= 0.3 is 5.97 Å². The van der Waals surface area contributed by atoms with E-state index in [-0.39, 0.29) is 53.2 Å². The lowest BCUT2D eigenvalue weighted by molar-refractivity contribution is -0.229. The fraction of sp³-hybridized carbons (Fsp3) is 0.765. The van der Waals surface area contributed by atoms with Crippen molar-refractivity contribution in [2.75, 3.05) is 0 Å². The van der Waals surface area contributed by atoms with Gasteiger partial charge in [-0.1, -0.05) is 53.7 Å². The largest absolute Gasteiger partial charge is 0.507 e. The van der Waals surface area contributed by atoms with Gasteiger partial charge in [0.1, 0.15) is 17.1 Å². The molecule has 4 N–H and O–H groups in total. The Balaban J connectivity index is 1.69. The van der Waals surface area contributed by atoms with Crippen LogP contribution in [0.15, 0.2) is 12.1 Å². The number of ketones is 1. The molecule has 2 saturated heterocycles. The quantitative estimate of drug-likeness (QED) is 0.225. The number of aryl methyl sites for hydroxylation is 2. The number of carboxylic acid groups (broad SMARTS) is 1. The average molecular weight is 591 g/mol. The second-order valence-electron chi connectivity index (χ2n) is 13.2. The zero-order valence-corrected chi connectivity index (χ0v) is 26.9. The Morgan fingerprint density at radius 2 is 1.79 bits per heavy atom. The Morgan fingerprint density at radius 1 is 1.12 bits per heavy atom. The van der Waals surface area contributed by atoms with Crippen molar-refractivity contribution in [3.63, 3.8) is 0 Å². The zero-order chi connectivity index (χ0) is 31.6. The zero-order valence-electron chi connectivity index (χ0n) is 26.9. The van der Waals surface area contributed by atoms with Crippen LogP contribution in [0.2, 0.25) is 0 Å². The smallest absolute Gasteiger partial charge is 0.339 e. The molecule has 0 bridgehead atoms. The summed E-state index contributed by atoms with van der Waals surface area (Å²) in [6.07, 6.45) is 3.34. The summed E-state index contributed by atoms with van der Waals surface area (Å²) in [6.45, 7) is 15.4. The van der Waals surface area contributed by atoms with Crippen molar-refractivity contribution in [1.29, 1.82) is 0 Å². The first-order chi connectivity index (χ1) is 19.7. The predicted molar refractivity (Wildman–Crippen MR) is 162 cm³/mol. The Labute approximate surface area is 251 Å². The van der Waals surface area contributed by atoms with Gasteiger partial charge < -0.3 is 29.9 Å². The van der Waals surface area contributed by atoms with Crippen molar-refractivity contribution in [1.82, 2.24) is 0 Å². The molecular weight excluding hydrogens is 536 g/mol. The van der Waals surface area contributed by atoms with Gasteiger partial charge in [0, 0.05) is 11.8 Å². The molecule has 1 aromatic carbocycles. The minimum absolute atomic E-state index is 0.0157. The highest BCUT2D eigenvalue weighted by Crippen LogP contribution is 2.48. The van der Waals surface area contributed by atoms with Crippen molar-refractivity contribution in [3.05, 3.63) is 28.8 Å². The van der Waals surface area contributed by atoms with Crippen molar-refractivity contribution in [2.45, 2.75) is 142 Å². The van der Waals surface area contributed by atoms with Crippen LogP contribution in [0.25, 0.3) is 0 Å². The maximum Gasteiger partial charge on any atom is 0.339 e. The maximum absolute atomic E-state index is 13.9. The van der Waals surface area contributed by atoms with E-state index in [0.29, 0.717) is 49.7 Å². The van der Waals surface area contributed by atoms with Crippen LogP contribution in [0.5, 0.6) is 5.75 Å². The summed E-state index contributed by atoms with van der Waals surface area (Å²) in [5.74, 6) is -2.55. The third kappa shape index (κ3) is 6.72. The molecule has 0 saturated carbocycles. The summed E-state index contributed by atoms with van der Waals surface area (Å²) in [5, 5.41) is 42.1. The van der Waals surface area contributed by atoms with Crippen molar-refractivity contribution in [2.24, 2.45) is 23.7 Å². The van der Waals surface area contributed by atoms with Crippen molar-refractivity contribution >= 4 is 11.8 Å². The van der Waals surface area contributed by atoms with Gasteiger partial charge in [0.15, 0.2) is 0 Å². The number of carboxylic acids is 1. The molecule has 3 unspecified atom stereocenters. The van der Waals surface area contributed by atoms with Crippen LogP contribution in [-0.2, 0) is 20.7 Å². The first-order valence-electron chi connectivity index (χ1n) is 16.0. The van der Waals surface area contributed by atoms with Crippen LogP contribution in [-0.4, -0.2) is 67.8 Å². The van der Waals surface area contributed by atoms with E-state index < -0.39 is 29.2 Å². The third-order valence-corrected chi connectivity index (χ3v) is 10.7. The number of ether oxygens (including phenoxy) is 2. The van der Waals surface area contributed by atoms with E-state index in [4.69, 9.17) is 9.47 Å². The number of rotatable bonds is 13.